The summed E-state index contributed by atoms with van der Waals surface area (Å²) in [5.41, 5.74) is 0.0968. The first-order valence-electron chi connectivity index (χ1n) is 6.98. The normalized spacial score (nSPS) is 14.3. The van der Waals surface area contributed by atoms with Gasteiger partial charge in [0.1, 0.15) is 11.6 Å². The molecule has 0 saturated carbocycles. The van der Waals surface area contributed by atoms with E-state index < -0.39 is 11.6 Å². The van der Waals surface area contributed by atoms with E-state index in [4.69, 9.17) is 4.74 Å². The molecule has 0 aliphatic carbocycles. The van der Waals surface area contributed by atoms with E-state index in [9.17, 15) is 8.78 Å². The number of hydrogen-bond acceptors (Lipinski definition) is 2. The topological polar surface area (TPSA) is 21.3 Å². The van der Waals surface area contributed by atoms with Gasteiger partial charge in [0.05, 0.1) is 10.6 Å². The van der Waals surface area contributed by atoms with Gasteiger partial charge in [-0.15, -0.1) is 0 Å². The third-order valence-electron chi connectivity index (χ3n) is 3.22. The van der Waals surface area contributed by atoms with Crippen LogP contribution in [-0.2, 0) is 11.2 Å². The summed E-state index contributed by atoms with van der Waals surface area (Å²) in [5, 5.41) is 3.30. The number of ether oxygens (including phenoxy) is 1. The Balaban J connectivity index is 2.91. The minimum absolute atomic E-state index is 0.0968. The van der Waals surface area contributed by atoms with Gasteiger partial charge < -0.3 is 10.1 Å². The van der Waals surface area contributed by atoms with Crippen LogP contribution in [0.25, 0.3) is 0 Å². The lowest BCUT2D eigenvalue weighted by atomic mass is 10.0. The van der Waals surface area contributed by atoms with Gasteiger partial charge in [-0.3, -0.25) is 0 Å². The maximum atomic E-state index is 14.0. The number of rotatable bonds is 8. The van der Waals surface area contributed by atoms with Gasteiger partial charge in [0, 0.05) is 18.2 Å². The summed E-state index contributed by atoms with van der Waals surface area (Å²) in [4.78, 5) is 0. The van der Waals surface area contributed by atoms with Crippen molar-refractivity contribution in [2.45, 2.75) is 45.8 Å². The molecule has 1 rings (SSSR count). The van der Waals surface area contributed by atoms with E-state index in [0.29, 0.717) is 6.61 Å². The van der Waals surface area contributed by atoms with Crippen molar-refractivity contribution in [3.05, 3.63) is 33.8 Å². The molecular weight excluding hydrogens is 328 g/mol. The molecular formula is C15H22BrF2NO. The molecule has 2 nitrogen and oxygen atoms in total. The third kappa shape index (κ3) is 4.79. The SMILES string of the molecule is CCCNC(Cc1c(F)ccc(Br)c1F)C(C)OCC. The maximum Gasteiger partial charge on any atom is 0.143 e. The van der Waals surface area contributed by atoms with Crippen LogP contribution in [0.15, 0.2) is 16.6 Å². The average molecular weight is 350 g/mol. The molecule has 1 aromatic rings. The zero-order valence-corrected chi connectivity index (χ0v) is 13.8. The molecule has 0 bridgehead atoms. The van der Waals surface area contributed by atoms with Gasteiger partial charge in [-0.1, -0.05) is 6.92 Å². The standard InChI is InChI=1S/C15H22BrF2NO/c1-4-8-19-14(10(3)20-5-2)9-11-13(17)7-6-12(16)15(11)18/h6-7,10,14,19H,4-5,8-9H2,1-3H3. The Hall–Kier alpha value is -0.520. The van der Waals surface area contributed by atoms with E-state index in [1.165, 1.54) is 12.1 Å². The smallest absolute Gasteiger partial charge is 0.143 e. The van der Waals surface area contributed by atoms with Crippen LogP contribution in [0.3, 0.4) is 0 Å². The average Bonchev–Trinajstić information content (AvgIpc) is 2.42. The molecule has 0 aliphatic rings. The fraction of sp³-hybridized carbons (Fsp3) is 0.600. The molecule has 0 fully saturated rings. The zero-order valence-electron chi connectivity index (χ0n) is 12.2. The predicted molar refractivity (Wildman–Crippen MR) is 80.9 cm³/mol. The fourth-order valence-corrected chi connectivity index (χ4v) is 2.46. The van der Waals surface area contributed by atoms with Gasteiger partial charge >= 0.3 is 0 Å². The molecule has 1 aromatic carbocycles. The van der Waals surface area contributed by atoms with Crippen molar-refractivity contribution >= 4 is 15.9 Å². The molecule has 114 valence electrons. The summed E-state index contributed by atoms with van der Waals surface area (Å²) in [6.07, 6.45) is 1.11. The maximum absolute atomic E-state index is 14.0. The monoisotopic (exact) mass is 349 g/mol. The highest BCUT2D eigenvalue weighted by atomic mass is 79.9. The first-order valence-corrected chi connectivity index (χ1v) is 7.77. The van der Waals surface area contributed by atoms with Crippen molar-refractivity contribution in [2.75, 3.05) is 13.2 Å². The Morgan fingerprint density at radius 3 is 2.60 bits per heavy atom. The van der Waals surface area contributed by atoms with Crippen molar-refractivity contribution in [1.82, 2.24) is 5.32 Å². The van der Waals surface area contributed by atoms with Gasteiger partial charge in [-0.25, -0.2) is 8.78 Å². The molecule has 20 heavy (non-hydrogen) atoms. The lowest BCUT2D eigenvalue weighted by Crippen LogP contribution is -2.42. The second-order valence-corrected chi connectivity index (χ2v) is 5.60. The van der Waals surface area contributed by atoms with Crippen LogP contribution in [0.1, 0.15) is 32.8 Å². The quantitative estimate of drug-likeness (QED) is 0.714. The van der Waals surface area contributed by atoms with Crippen LogP contribution in [0.5, 0.6) is 0 Å². The predicted octanol–water partition coefficient (Wildman–Crippen LogP) is 4.06. The van der Waals surface area contributed by atoms with Crippen LogP contribution >= 0.6 is 15.9 Å². The molecule has 0 saturated heterocycles. The van der Waals surface area contributed by atoms with Crippen LogP contribution in [0, 0.1) is 11.6 Å². The molecule has 0 radical (unpaired) electrons. The molecule has 2 atom stereocenters. The summed E-state index contributed by atoms with van der Waals surface area (Å²) in [6, 6.07) is 2.55. The highest BCUT2D eigenvalue weighted by molar-refractivity contribution is 9.10. The summed E-state index contributed by atoms with van der Waals surface area (Å²) >= 11 is 3.10. The van der Waals surface area contributed by atoms with Crippen molar-refractivity contribution in [2.24, 2.45) is 0 Å². The van der Waals surface area contributed by atoms with E-state index in [1.54, 1.807) is 0 Å². The highest BCUT2D eigenvalue weighted by Gasteiger charge is 2.22. The molecule has 0 spiro atoms. The molecule has 0 amide bonds. The number of halogens is 3. The van der Waals surface area contributed by atoms with Gasteiger partial charge in [0.2, 0.25) is 0 Å². The van der Waals surface area contributed by atoms with Crippen molar-refractivity contribution in [1.29, 1.82) is 0 Å². The Morgan fingerprint density at radius 2 is 2.00 bits per heavy atom. The first-order chi connectivity index (χ1) is 9.51. The Labute approximate surface area is 128 Å². The second-order valence-electron chi connectivity index (χ2n) is 4.75. The van der Waals surface area contributed by atoms with Gasteiger partial charge in [-0.05, 0) is 61.3 Å². The third-order valence-corrected chi connectivity index (χ3v) is 3.83. The summed E-state index contributed by atoms with van der Waals surface area (Å²) < 4.78 is 33.7. The number of nitrogens with one attached hydrogen (secondary N) is 1. The lowest BCUT2D eigenvalue weighted by molar-refractivity contribution is 0.0472. The minimum Gasteiger partial charge on any atom is -0.377 e. The highest BCUT2D eigenvalue weighted by Crippen LogP contribution is 2.23. The van der Waals surface area contributed by atoms with Crippen molar-refractivity contribution in [3.63, 3.8) is 0 Å². The van der Waals surface area contributed by atoms with E-state index >= 15 is 0 Å². The van der Waals surface area contributed by atoms with Crippen LogP contribution in [0.2, 0.25) is 0 Å². The van der Waals surface area contributed by atoms with Crippen molar-refractivity contribution < 1.29 is 13.5 Å². The second kappa shape index (κ2) is 8.70. The number of hydrogen-bond donors (Lipinski definition) is 1. The number of benzene rings is 1. The Kier molecular flexibility index (Phi) is 7.62. The summed E-state index contributed by atoms with van der Waals surface area (Å²) in [6.45, 7) is 7.25. The van der Waals surface area contributed by atoms with Gasteiger partial charge in [-0.2, -0.15) is 0 Å². The van der Waals surface area contributed by atoms with Crippen LogP contribution in [0.4, 0.5) is 8.78 Å². The van der Waals surface area contributed by atoms with E-state index in [2.05, 4.69) is 28.2 Å². The van der Waals surface area contributed by atoms with Crippen LogP contribution in [-0.4, -0.2) is 25.3 Å². The molecule has 2 unspecified atom stereocenters. The summed E-state index contributed by atoms with van der Waals surface area (Å²) in [5.74, 6) is -1.05. The van der Waals surface area contributed by atoms with Crippen LogP contribution < -0.4 is 5.32 Å². The lowest BCUT2D eigenvalue weighted by Gasteiger charge is -2.25. The Morgan fingerprint density at radius 1 is 1.30 bits per heavy atom. The Bertz CT molecular complexity index is 429. The molecule has 1 N–H and O–H groups in total. The summed E-state index contributed by atoms with van der Waals surface area (Å²) in [7, 11) is 0. The molecule has 0 aliphatic heterocycles. The van der Waals surface area contributed by atoms with E-state index in [-0.39, 0.29) is 28.6 Å². The largest absolute Gasteiger partial charge is 0.377 e. The van der Waals surface area contributed by atoms with E-state index in [1.807, 2.05) is 13.8 Å². The molecule has 0 heterocycles. The first kappa shape index (κ1) is 17.5. The zero-order chi connectivity index (χ0) is 15.1. The minimum atomic E-state index is -0.531. The molecule has 5 heteroatoms. The van der Waals surface area contributed by atoms with Crippen molar-refractivity contribution in [3.8, 4) is 0 Å². The molecule has 0 aromatic heterocycles. The van der Waals surface area contributed by atoms with E-state index in [0.717, 1.165) is 13.0 Å². The van der Waals surface area contributed by atoms with Gasteiger partial charge in [0.25, 0.3) is 0 Å². The fourth-order valence-electron chi connectivity index (χ4n) is 2.09. The van der Waals surface area contributed by atoms with Gasteiger partial charge in [0.15, 0.2) is 0 Å².